The van der Waals surface area contributed by atoms with Crippen LogP contribution in [-0.2, 0) is 25.5 Å². The van der Waals surface area contributed by atoms with Crippen LogP contribution in [0, 0.1) is 6.92 Å². The monoisotopic (exact) mass is 414 g/mol. The van der Waals surface area contributed by atoms with E-state index in [0.29, 0.717) is 0 Å². The molecule has 2 atom stereocenters. The van der Waals surface area contributed by atoms with Gasteiger partial charge in [0.2, 0.25) is 11.7 Å². The van der Waals surface area contributed by atoms with Crippen LogP contribution >= 0.6 is 0 Å². The molecule has 2 rings (SSSR count). The highest BCUT2D eigenvalue weighted by Gasteiger charge is 2.27. The van der Waals surface area contributed by atoms with Gasteiger partial charge in [-0.2, -0.15) is 4.79 Å². The largest absolute Gasteiger partial charge is 0.461 e. The molecule has 0 spiro atoms. The molecular weight excluding hydrogens is 388 g/mol. The lowest BCUT2D eigenvalue weighted by Crippen LogP contribution is -2.47. The van der Waals surface area contributed by atoms with E-state index < -0.39 is 35.9 Å². The van der Waals surface area contributed by atoms with Crippen molar-refractivity contribution in [1.29, 1.82) is 0 Å². The second kappa shape index (κ2) is 10.5. The standard InChI is InChI=1S/C21H26N4O5/c1-12(2)30-21(29)17(8-7-15(26)11-24-22)25-20(28)18(27)9-14-10-23-16-6-4-5-13(3)19(14)16/h4-6,10-12,17-18,23,27H,7-9H2,1-3H3,(H,25,28)/t17-,18-/m0/s1. The predicted octanol–water partition coefficient (Wildman–Crippen LogP) is 1.47. The van der Waals surface area contributed by atoms with Crippen molar-refractivity contribution in [2.24, 2.45) is 0 Å². The number of nitrogens with zero attached hydrogens (tertiary/aromatic N) is 2. The molecule has 0 bridgehead atoms. The van der Waals surface area contributed by atoms with Gasteiger partial charge in [0.05, 0.1) is 6.10 Å². The third kappa shape index (κ3) is 6.10. The van der Waals surface area contributed by atoms with Crippen molar-refractivity contribution in [2.75, 3.05) is 0 Å². The third-order valence-corrected chi connectivity index (χ3v) is 4.55. The van der Waals surface area contributed by atoms with Gasteiger partial charge in [-0.25, -0.2) is 4.79 Å². The zero-order valence-corrected chi connectivity index (χ0v) is 17.2. The van der Waals surface area contributed by atoms with Crippen LogP contribution < -0.4 is 5.32 Å². The van der Waals surface area contributed by atoms with Crippen LogP contribution in [0.15, 0.2) is 24.4 Å². The number of aromatic amines is 1. The van der Waals surface area contributed by atoms with Crippen LogP contribution in [0.1, 0.15) is 37.8 Å². The SMILES string of the molecule is Cc1cccc2[nH]cc(C[C@H](O)C(=O)N[C@@H](CCC(=O)C=[N+]=[N-])C(=O)OC(C)C)c12. The van der Waals surface area contributed by atoms with Crippen LogP contribution in [0.5, 0.6) is 0 Å². The van der Waals surface area contributed by atoms with E-state index in [0.717, 1.165) is 28.2 Å². The van der Waals surface area contributed by atoms with Crippen LogP contribution in [0.25, 0.3) is 16.4 Å². The van der Waals surface area contributed by atoms with Crippen molar-refractivity contribution in [3.05, 3.63) is 41.1 Å². The van der Waals surface area contributed by atoms with Gasteiger partial charge in [0.1, 0.15) is 12.1 Å². The quantitative estimate of drug-likeness (QED) is 0.233. The summed E-state index contributed by atoms with van der Waals surface area (Å²) < 4.78 is 5.13. The molecule has 3 N–H and O–H groups in total. The lowest BCUT2D eigenvalue weighted by molar-refractivity contribution is -0.152. The van der Waals surface area contributed by atoms with Crippen molar-refractivity contribution < 1.29 is 29.0 Å². The molecule has 9 nitrogen and oxygen atoms in total. The van der Waals surface area contributed by atoms with E-state index in [2.05, 4.69) is 15.1 Å². The second-order valence-corrected chi connectivity index (χ2v) is 7.33. The topological polar surface area (TPSA) is 145 Å². The van der Waals surface area contributed by atoms with E-state index in [4.69, 9.17) is 10.3 Å². The first-order chi connectivity index (χ1) is 14.2. The zero-order chi connectivity index (χ0) is 22.3. The maximum Gasteiger partial charge on any atom is 0.328 e. The van der Waals surface area contributed by atoms with E-state index in [9.17, 15) is 19.5 Å². The van der Waals surface area contributed by atoms with Crippen molar-refractivity contribution in [3.63, 3.8) is 0 Å². The maximum atomic E-state index is 12.5. The highest BCUT2D eigenvalue weighted by Crippen LogP contribution is 2.23. The fourth-order valence-electron chi connectivity index (χ4n) is 3.16. The molecule has 1 heterocycles. The minimum absolute atomic E-state index is 0.0543. The molecule has 0 saturated carbocycles. The van der Waals surface area contributed by atoms with E-state index >= 15 is 0 Å². The number of aliphatic hydroxyl groups is 1. The number of carbonyl (C=O) groups is 3. The summed E-state index contributed by atoms with van der Waals surface area (Å²) in [5.74, 6) is -1.96. The minimum atomic E-state index is -1.40. The van der Waals surface area contributed by atoms with Crippen LogP contribution in [-0.4, -0.2) is 57.0 Å². The molecule has 9 heteroatoms. The lowest BCUT2D eigenvalue weighted by atomic mass is 10.0. The highest BCUT2D eigenvalue weighted by molar-refractivity contribution is 6.25. The Bertz CT molecular complexity index is 975. The van der Waals surface area contributed by atoms with Gasteiger partial charge in [-0.15, -0.1) is 0 Å². The molecular formula is C21H26N4O5. The Morgan fingerprint density at radius 3 is 2.73 bits per heavy atom. The Hall–Kier alpha value is -3.29. The summed E-state index contributed by atoms with van der Waals surface area (Å²) in [7, 11) is 0. The second-order valence-electron chi connectivity index (χ2n) is 7.33. The first-order valence-electron chi connectivity index (χ1n) is 9.67. The highest BCUT2D eigenvalue weighted by atomic mass is 16.5. The van der Waals surface area contributed by atoms with Gasteiger partial charge in [-0.05, 0) is 44.4 Å². The number of rotatable bonds is 10. The summed E-state index contributed by atoms with van der Waals surface area (Å²) in [5, 5.41) is 13.8. The number of amides is 1. The summed E-state index contributed by atoms with van der Waals surface area (Å²) >= 11 is 0. The van der Waals surface area contributed by atoms with Crippen LogP contribution in [0.4, 0.5) is 0 Å². The molecule has 0 unspecified atom stereocenters. The Kier molecular flexibility index (Phi) is 8.03. The number of aryl methyl sites for hydroxylation is 1. The zero-order valence-electron chi connectivity index (χ0n) is 17.2. The first-order valence-corrected chi connectivity index (χ1v) is 9.67. The molecule has 160 valence electrons. The summed E-state index contributed by atoms with van der Waals surface area (Å²) in [6, 6.07) is 4.64. The van der Waals surface area contributed by atoms with E-state index in [1.165, 1.54) is 0 Å². The lowest BCUT2D eigenvalue weighted by Gasteiger charge is -2.20. The van der Waals surface area contributed by atoms with E-state index in [1.807, 2.05) is 25.1 Å². The number of ketones is 1. The number of aromatic nitrogens is 1. The minimum Gasteiger partial charge on any atom is -0.461 e. The number of fused-ring (bicyclic) bond motifs is 1. The fourth-order valence-corrected chi connectivity index (χ4v) is 3.16. The Morgan fingerprint density at radius 2 is 2.07 bits per heavy atom. The summed E-state index contributed by atoms with van der Waals surface area (Å²) in [6.45, 7) is 5.26. The number of ether oxygens (including phenoxy) is 1. The smallest absolute Gasteiger partial charge is 0.328 e. The molecule has 1 amide bonds. The van der Waals surface area contributed by atoms with Crippen molar-refractivity contribution in [1.82, 2.24) is 10.3 Å². The van der Waals surface area contributed by atoms with Crippen molar-refractivity contribution in [3.8, 4) is 0 Å². The Labute approximate surface area is 174 Å². The van der Waals surface area contributed by atoms with Gasteiger partial charge >= 0.3 is 12.2 Å². The molecule has 0 aliphatic heterocycles. The third-order valence-electron chi connectivity index (χ3n) is 4.55. The Balaban J connectivity index is 2.09. The predicted molar refractivity (Wildman–Crippen MR) is 110 cm³/mol. The number of carbonyl (C=O) groups excluding carboxylic acids is 3. The molecule has 30 heavy (non-hydrogen) atoms. The summed E-state index contributed by atoms with van der Waals surface area (Å²) in [5.41, 5.74) is 11.1. The number of H-pyrrole nitrogens is 1. The van der Waals surface area contributed by atoms with Gasteiger partial charge in [-0.1, -0.05) is 12.1 Å². The maximum absolute atomic E-state index is 12.5. The summed E-state index contributed by atoms with van der Waals surface area (Å²) in [4.78, 5) is 42.1. The normalized spacial score (nSPS) is 12.8. The fraction of sp³-hybridized carbons (Fsp3) is 0.429. The molecule has 0 fully saturated rings. The van der Waals surface area contributed by atoms with E-state index in [-0.39, 0.29) is 19.3 Å². The first kappa shape index (κ1) is 23.0. The van der Waals surface area contributed by atoms with Crippen molar-refractivity contribution >= 4 is 34.8 Å². The number of Topliss-reactive ketones (excluding diaryl/α,β-unsaturated/α-hetero) is 1. The van der Waals surface area contributed by atoms with E-state index in [1.54, 1.807) is 20.0 Å². The molecule has 0 saturated heterocycles. The molecule has 0 aliphatic carbocycles. The van der Waals surface area contributed by atoms with Crippen LogP contribution in [0.2, 0.25) is 0 Å². The van der Waals surface area contributed by atoms with Crippen molar-refractivity contribution in [2.45, 2.75) is 58.3 Å². The molecule has 1 aromatic heterocycles. The van der Waals surface area contributed by atoms with Crippen LogP contribution in [0.3, 0.4) is 0 Å². The number of benzene rings is 1. The average Bonchev–Trinajstić information content (AvgIpc) is 3.08. The Morgan fingerprint density at radius 1 is 1.33 bits per heavy atom. The van der Waals surface area contributed by atoms with Gasteiger partial charge in [0.25, 0.3) is 0 Å². The molecule has 0 aliphatic rings. The average molecular weight is 414 g/mol. The number of nitrogens with one attached hydrogen (secondary N) is 2. The molecule has 2 aromatic rings. The van der Waals surface area contributed by atoms with Gasteiger partial charge < -0.3 is 25.7 Å². The van der Waals surface area contributed by atoms with Gasteiger partial charge in [0, 0.05) is 29.9 Å². The number of hydrogen-bond acceptors (Lipinski definition) is 5. The van der Waals surface area contributed by atoms with Gasteiger partial charge in [0.15, 0.2) is 0 Å². The molecule has 0 radical (unpaired) electrons. The number of aliphatic hydroxyl groups excluding tert-OH is 1. The number of esters is 1. The molecule has 1 aromatic carbocycles. The van der Waals surface area contributed by atoms with Gasteiger partial charge in [-0.3, -0.25) is 9.59 Å². The summed E-state index contributed by atoms with van der Waals surface area (Å²) in [6.07, 6.45) is 0.519. The number of hydrogen-bond donors (Lipinski definition) is 3.